The van der Waals surface area contributed by atoms with Crippen LogP contribution in [0.1, 0.15) is 57.4 Å². The molecule has 3 aromatic carbocycles. The molecule has 2 heterocycles. The lowest BCUT2D eigenvalue weighted by molar-refractivity contribution is 0.0511. The number of aromatic nitrogens is 2. The second-order valence-electron chi connectivity index (χ2n) is 9.05. The summed E-state index contributed by atoms with van der Waals surface area (Å²) >= 11 is 6.86. The first-order valence-electron chi connectivity index (χ1n) is 12.9. The Morgan fingerprint density at radius 2 is 1.23 bits per heavy atom. The molecule has 2 N–H and O–H groups in total. The van der Waals surface area contributed by atoms with E-state index in [2.05, 4.69) is 9.97 Å². The van der Waals surface area contributed by atoms with Crippen LogP contribution in [0.3, 0.4) is 0 Å². The maximum atomic E-state index is 13.4. The van der Waals surface area contributed by atoms with Crippen LogP contribution in [0.15, 0.2) is 60.7 Å². The van der Waals surface area contributed by atoms with Crippen molar-refractivity contribution in [3.63, 3.8) is 0 Å². The lowest BCUT2D eigenvalue weighted by Gasteiger charge is -2.22. The minimum Gasteiger partial charge on any atom is -0.497 e. The van der Waals surface area contributed by atoms with E-state index in [0.717, 1.165) is 10.8 Å². The summed E-state index contributed by atoms with van der Waals surface area (Å²) in [6.07, 6.45) is 0. The van der Waals surface area contributed by atoms with Crippen molar-refractivity contribution in [2.45, 2.75) is 19.8 Å². The van der Waals surface area contributed by atoms with Gasteiger partial charge in [-0.1, -0.05) is 29.8 Å². The van der Waals surface area contributed by atoms with Crippen LogP contribution >= 0.6 is 11.6 Å². The summed E-state index contributed by atoms with van der Waals surface area (Å²) in [5.74, 6) is -0.548. The molecule has 0 unspecified atom stereocenters. The number of nitrogens with one attached hydrogen (secondary N) is 2. The first-order chi connectivity index (χ1) is 19.4. The number of ether oxygens (including phenoxy) is 4. The third-order valence-corrected chi connectivity index (χ3v) is 7.19. The van der Waals surface area contributed by atoms with Gasteiger partial charge in [-0.15, -0.1) is 0 Å². The highest BCUT2D eigenvalue weighted by atomic mass is 35.5. The van der Waals surface area contributed by atoms with Gasteiger partial charge in [-0.3, -0.25) is 0 Å². The van der Waals surface area contributed by atoms with Gasteiger partial charge in [0.2, 0.25) is 0 Å². The van der Waals surface area contributed by atoms with E-state index >= 15 is 0 Å². The van der Waals surface area contributed by atoms with Gasteiger partial charge in [-0.25, -0.2) is 9.59 Å². The molecule has 0 fully saturated rings. The molecule has 0 saturated carbocycles. The Bertz CT molecular complexity index is 1620. The number of halogens is 1. The molecule has 0 atom stereocenters. The Hall–Kier alpha value is -4.43. The summed E-state index contributed by atoms with van der Waals surface area (Å²) in [5, 5.41) is 1.91. The molecule has 206 valence electrons. The van der Waals surface area contributed by atoms with E-state index in [1.165, 1.54) is 0 Å². The van der Waals surface area contributed by atoms with Gasteiger partial charge in [0.15, 0.2) is 0 Å². The Kier molecular flexibility index (Phi) is 7.71. The lowest BCUT2D eigenvalue weighted by atomic mass is 9.81. The van der Waals surface area contributed by atoms with Gasteiger partial charge in [-0.05, 0) is 61.9 Å². The highest BCUT2D eigenvalue weighted by Crippen LogP contribution is 2.46. The molecule has 5 rings (SSSR count). The second-order valence-corrected chi connectivity index (χ2v) is 9.45. The summed E-state index contributed by atoms with van der Waals surface area (Å²) < 4.78 is 22.0. The topological polar surface area (TPSA) is 103 Å². The standard InChI is InChI=1S/C31H29ClN2O6/c1-5-39-30(35)28-26(20-15-17(37-3)11-13-23(20)33-28)25(19-9-7-8-10-22(19)32)27-21-16-18(38-4)12-14-24(21)34-29(27)31(36)40-6-2/h7-16,25,33-34H,5-6H2,1-4H3. The Labute approximate surface area is 236 Å². The summed E-state index contributed by atoms with van der Waals surface area (Å²) in [6.45, 7) is 3.87. The van der Waals surface area contributed by atoms with E-state index in [9.17, 15) is 9.59 Å². The van der Waals surface area contributed by atoms with E-state index < -0.39 is 17.9 Å². The molecule has 40 heavy (non-hydrogen) atoms. The van der Waals surface area contributed by atoms with Gasteiger partial charge < -0.3 is 28.9 Å². The average molecular weight is 561 g/mol. The molecule has 0 saturated heterocycles. The zero-order chi connectivity index (χ0) is 28.4. The fourth-order valence-corrected chi connectivity index (χ4v) is 5.38. The molecule has 9 heteroatoms. The van der Waals surface area contributed by atoms with Crippen LogP contribution in [0.5, 0.6) is 11.5 Å². The fourth-order valence-electron chi connectivity index (χ4n) is 5.13. The predicted molar refractivity (Wildman–Crippen MR) is 154 cm³/mol. The summed E-state index contributed by atoms with van der Waals surface area (Å²) in [6, 6.07) is 18.4. The second kappa shape index (κ2) is 11.4. The van der Waals surface area contributed by atoms with Crippen LogP contribution in [0, 0.1) is 0 Å². The van der Waals surface area contributed by atoms with Crippen molar-refractivity contribution in [1.82, 2.24) is 9.97 Å². The molecule has 0 aliphatic rings. The molecule has 0 aliphatic heterocycles. The molecular weight excluding hydrogens is 532 g/mol. The van der Waals surface area contributed by atoms with E-state index in [-0.39, 0.29) is 24.6 Å². The molecule has 5 aromatic rings. The number of esters is 2. The zero-order valence-electron chi connectivity index (χ0n) is 22.6. The van der Waals surface area contributed by atoms with Crippen molar-refractivity contribution in [1.29, 1.82) is 0 Å². The number of hydrogen-bond donors (Lipinski definition) is 2. The first-order valence-corrected chi connectivity index (χ1v) is 13.3. The largest absolute Gasteiger partial charge is 0.497 e. The molecular formula is C31H29ClN2O6. The van der Waals surface area contributed by atoms with Crippen molar-refractivity contribution in [3.8, 4) is 11.5 Å². The number of hydrogen-bond acceptors (Lipinski definition) is 6. The van der Waals surface area contributed by atoms with Crippen molar-refractivity contribution in [2.75, 3.05) is 27.4 Å². The SMILES string of the molecule is CCOC(=O)c1[nH]c2ccc(OC)cc2c1C(c1ccccc1Cl)c1c(C(=O)OCC)[nH]c2ccc(OC)cc12. The number of aromatic amines is 2. The van der Waals surface area contributed by atoms with Crippen LogP contribution < -0.4 is 9.47 Å². The van der Waals surface area contributed by atoms with E-state index in [1.54, 1.807) is 34.1 Å². The predicted octanol–water partition coefficient (Wildman–Crippen LogP) is 6.85. The smallest absolute Gasteiger partial charge is 0.355 e. The Morgan fingerprint density at radius 3 is 1.65 bits per heavy atom. The monoisotopic (exact) mass is 560 g/mol. The van der Waals surface area contributed by atoms with E-state index in [4.69, 9.17) is 30.5 Å². The quantitative estimate of drug-likeness (QED) is 0.191. The molecule has 0 bridgehead atoms. The number of carbonyl (C=O) groups is 2. The van der Waals surface area contributed by atoms with Crippen molar-refractivity contribution in [2.24, 2.45) is 0 Å². The maximum absolute atomic E-state index is 13.4. The highest BCUT2D eigenvalue weighted by Gasteiger charge is 2.35. The Balaban J connectivity index is 1.96. The van der Waals surface area contributed by atoms with Crippen molar-refractivity contribution >= 4 is 45.3 Å². The minimum absolute atomic E-state index is 0.187. The first kappa shape index (κ1) is 27.1. The van der Waals surface area contributed by atoms with Crippen LogP contribution in [0.25, 0.3) is 21.8 Å². The maximum Gasteiger partial charge on any atom is 0.355 e. The van der Waals surface area contributed by atoms with Gasteiger partial charge >= 0.3 is 11.9 Å². The van der Waals surface area contributed by atoms with Gasteiger partial charge in [0.25, 0.3) is 0 Å². The van der Waals surface area contributed by atoms with Gasteiger partial charge in [0.1, 0.15) is 22.9 Å². The number of carbonyl (C=O) groups excluding carboxylic acids is 2. The van der Waals surface area contributed by atoms with Crippen molar-refractivity contribution in [3.05, 3.63) is 93.8 Å². The minimum atomic E-state index is -0.700. The Morgan fingerprint density at radius 1 is 0.750 bits per heavy atom. The molecule has 0 radical (unpaired) electrons. The fraction of sp³-hybridized carbons (Fsp3) is 0.226. The van der Waals surface area contributed by atoms with Gasteiger partial charge in [-0.2, -0.15) is 0 Å². The number of H-pyrrole nitrogens is 2. The normalized spacial score (nSPS) is 11.2. The van der Waals surface area contributed by atoms with Crippen LogP contribution in [0.4, 0.5) is 0 Å². The number of methoxy groups -OCH3 is 2. The van der Waals surface area contributed by atoms with E-state index in [0.29, 0.717) is 44.2 Å². The summed E-state index contributed by atoms with van der Waals surface area (Å²) in [7, 11) is 3.16. The number of benzene rings is 3. The van der Waals surface area contributed by atoms with E-state index in [1.807, 2.05) is 54.6 Å². The van der Waals surface area contributed by atoms with Crippen LogP contribution in [-0.2, 0) is 9.47 Å². The third-order valence-electron chi connectivity index (χ3n) is 6.84. The summed E-state index contributed by atoms with van der Waals surface area (Å²) in [5.41, 5.74) is 3.78. The molecule has 2 aromatic heterocycles. The summed E-state index contributed by atoms with van der Waals surface area (Å²) in [4.78, 5) is 33.4. The third kappa shape index (κ3) is 4.75. The zero-order valence-corrected chi connectivity index (χ0v) is 23.3. The number of fused-ring (bicyclic) bond motifs is 2. The lowest BCUT2D eigenvalue weighted by Crippen LogP contribution is -2.16. The van der Waals surface area contributed by atoms with Crippen LogP contribution in [0.2, 0.25) is 5.02 Å². The number of rotatable bonds is 9. The molecule has 0 aliphatic carbocycles. The molecule has 0 spiro atoms. The van der Waals surface area contributed by atoms with Crippen LogP contribution in [-0.4, -0.2) is 49.3 Å². The average Bonchev–Trinajstić information content (AvgIpc) is 3.53. The highest BCUT2D eigenvalue weighted by molar-refractivity contribution is 6.31. The van der Waals surface area contributed by atoms with Gasteiger partial charge in [0.05, 0.1) is 27.4 Å². The van der Waals surface area contributed by atoms with Gasteiger partial charge in [0, 0.05) is 43.9 Å². The molecule has 0 amide bonds. The molecule has 8 nitrogen and oxygen atoms in total. The van der Waals surface area contributed by atoms with Crippen molar-refractivity contribution < 1.29 is 28.5 Å².